The highest BCUT2D eigenvalue weighted by atomic mass is 19.1. The topological polar surface area (TPSA) is 175 Å². The number of hydrogen-bond acceptors (Lipinski definition) is 8. The van der Waals surface area contributed by atoms with Gasteiger partial charge < -0.3 is 39.9 Å². The third kappa shape index (κ3) is 7.87. The van der Waals surface area contributed by atoms with E-state index in [0.29, 0.717) is 52.5 Å². The number of hydrogen-bond donors (Lipinski definition) is 4. The Morgan fingerprint density at radius 2 is 1.12 bits per heavy atom. The van der Waals surface area contributed by atoms with Gasteiger partial charge in [-0.1, -0.05) is 52.0 Å². The molecule has 4 N–H and O–H groups in total. The predicted octanol–water partition coefficient (Wildman–Crippen LogP) is 7.00. The quantitative estimate of drug-likeness (QED) is 0.117. The van der Waals surface area contributed by atoms with Crippen LogP contribution in [-0.4, -0.2) is 93.1 Å². The van der Waals surface area contributed by atoms with Crippen molar-refractivity contribution in [3.05, 3.63) is 72.1 Å². The number of methoxy groups -OCH3 is 2. The molecule has 4 amide bonds. The number of nitrogens with one attached hydrogen (secondary N) is 4. The number of nitrogens with zero attached hydrogens (tertiary/aromatic N) is 4. The monoisotopic (exact) mass is 780 g/mol. The molecule has 15 heteroatoms. The first-order chi connectivity index (χ1) is 27.4. The Hall–Kier alpha value is -5.99. The van der Waals surface area contributed by atoms with Gasteiger partial charge in [-0.15, -0.1) is 0 Å². The van der Waals surface area contributed by atoms with E-state index >= 15 is 4.39 Å². The van der Waals surface area contributed by atoms with Crippen molar-refractivity contribution in [2.45, 2.75) is 77.5 Å². The maximum Gasteiger partial charge on any atom is 0.407 e. The highest BCUT2D eigenvalue weighted by Gasteiger charge is 2.39. The van der Waals surface area contributed by atoms with Crippen LogP contribution in [0, 0.1) is 17.7 Å². The van der Waals surface area contributed by atoms with Gasteiger partial charge in [0.25, 0.3) is 0 Å². The zero-order chi connectivity index (χ0) is 40.5. The number of halogens is 1. The molecule has 14 nitrogen and oxygen atoms in total. The number of fused-ring (bicyclic) bond motifs is 2. The number of benzene rings is 3. The second-order valence-corrected chi connectivity index (χ2v) is 15.5. The number of carbonyl (C=O) groups excluding carboxylic acids is 4. The zero-order valence-electron chi connectivity index (χ0n) is 33.0. The van der Waals surface area contributed by atoms with Crippen LogP contribution in [0.4, 0.5) is 14.0 Å². The molecule has 2 aliphatic heterocycles. The molecule has 4 heterocycles. The van der Waals surface area contributed by atoms with Gasteiger partial charge in [0.1, 0.15) is 29.5 Å². The van der Waals surface area contributed by atoms with Gasteiger partial charge in [-0.2, -0.15) is 0 Å². The minimum absolute atomic E-state index is 0.140. The summed E-state index contributed by atoms with van der Waals surface area (Å²) in [5.41, 5.74) is 5.48. The van der Waals surface area contributed by atoms with E-state index in [-0.39, 0.29) is 35.7 Å². The number of aromatic amines is 2. The summed E-state index contributed by atoms with van der Waals surface area (Å²) < 4.78 is 25.4. The van der Waals surface area contributed by atoms with Gasteiger partial charge >= 0.3 is 12.2 Å². The van der Waals surface area contributed by atoms with E-state index in [1.54, 1.807) is 15.9 Å². The molecule has 2 aromatic heterocycles. The van der Waals surface area contributed by atoms with Gasteiger partial charge in [-0.25, -0.2) is 23.9 Å². The standard InChI is InChI=1S/C42H49FN8O6/c1-22(2)35(48-41(54)56-5)39(52)50-17-7-9-33(50)37-44-29-15-12-25(20-31(29)46-37)24-11-14-27(28(43)19-24)26-13-16-30-32(21-26)47-38(45-30)34-10-8-18-51(34)40(53)36(23(3)4)49-42(55)57-6/h11-16,19-23,33-36H,7-10,17-18H2,1-6H3,(H,44,46)(H,45,47)(H,48,54)(H,49,55)/t33-,34-,35-,36-/m0/s1. The van der Waals surface area contributed by atoms with Gasteiger partial charge in [0.2, 0.25) is 11.8 Å². The minimum atomic E-state index is -0.736. The van der Waals surface area contributed by atoms with E-state index in [1.807, 2.05) is 70.2 Å². The van der Waals surface area contributed by atoms with Gasteiger partial charge in [-0.05, 0) is 84.5 Å². The van der Waals surface area contributed by atoms with Crippen LogP contribution in [0.25, 0.3) is 44.3 Å². The molecule has 4 atom stereocenters. The van der Waals surface area contributed by atoms with E-state index in [1.165, 1.54) is 20.3 Å². The fourth-order valence-corrected chi connectivity index (χ4v) is 8.03. The van der Waals surface area contributed by atoms with Crippen molar-refractivity contribution in [3.63, 3.8) is 0 Å². The molecule has 300 valence electrons. The molecule has 2 aliphatic rings. The van der Waals surface area contributed by atoms with Crippen LogP contribution < -0.4 is 10.6 Å². The van der Waals surface area contributed by atoms with Gasteiger partial charge in [0.15, 0.2) is 0 Å². The molecule has 0 saturated carbocycles. The number of carbonyl (C=O) groups is 4. The van der Waals surface area contributed by atoms with Crippen LogP contribution in [0.2, 0.25) is 0 Å². The zero-order valence-corrected chi connectivity index (χ0v) is 33.0. The average molecular weight is 781 g/mol. The number of H-pyrrole nitrogens is 2. The number of likely N-dealkylation sites (tertiary alicyclic amines) is 2. The molecule has 0 aliphatic carbocycles. The fraction of sp³-hybridized carbons (Fsp3) is 0.429. The molecule has 0 unspecified atom stereocenters. The normalized spacial score (nSPS) is 18.1. The summed E-state index contributed by atoms with van der Waals surface area (Å²) >= 11 is 0. The van der Waals surface area contributed by atoms with Crippen LogP contribution in [0.5, 0.6) is 0 Å². The summed E-state index contributed by atoms with van der Waals surface area (Å²) in [6.07, 6.45) is 1.74. The predicted molar refractivity (Wildman–Crippen MR) is 212 cm³/mol. The Balaban J connectivity index is 1.09. The van der Waals surface area contributed by atoms with E-state index < -0.39 is 30.1 Å². The van der Waals surface area contributed by atoms with Crippen molar-refractivity contribution in [1.82, 2.24) is 40.4 Å². The van der Waals surface area contributed by atoms with Gasteiger partial charge in [0.05, 0.1) is 48.4 Å². The first-order valence-corrected chi connectivity index (χ1v) is 19.5. The van der Waals surface area contributed by atoms with Crippen molar-refractivity contribution in [3.8, 4) is 22.3 Å². The summed E-state index contributed by atoms with van der Waals surface area (Å²) in [5.74, 6) is 0.257. The van der Waals surface area contributed by atoms with Crippen molar-refractivity contribution < 1.29 is 33.0 Å². The van der Waals surface area contributed by atoms with Crippen molar-refractivity contribution >= 4 is 46.1 Å². The van der Waals surface area contributed by atoms with Crippen LogP contribution in [0.15, 0.2) is 54.6 Å². The fourth-order valence-electron chi connectivity index (χ4n) is 8.03. The Bertz CT molecular complexity index is 2320. The Morgan fingerprint density at radius 1 is 0.684 bits per heavy atom. The summed E-state index contributed by atoms with van der Waals surface area (Å²) in [7, 11) is 2.54. The summed E-state index contributed by atoms with van der Waals surface area (Å²) in [5, 5.41) is 5.35. The highest BCUT2D eigenvalue weighted by Crippen LogP contribution is 2.36. The lowest BCUT2D eigenvalue weighted by molar-refractivity contribution is -0.136. The SMILES string of the molecule is COC(=O)N[C@H](C(=O)N1CCC[C@H]1c1nc2cc(-c3ccc(-c4ccc5[nH]c([C@@H]6CCCN6C(=O)[C@@H](NC(=O)OC)C(C)C)nc5c4)c(F)c3)ccc2[nH]1)C(C)C. The van der Waals surface area contributed by atoms with Crippen LogP contribution in [0.3, 0.4) is 0 Å². The highest BCUT2D eigenvalue weighted by molar-refractivity contribution is 5.88. The summed E-state index contributed by atoms with van der Waals surface area (Å²) in [6, 6.07) is 14.4. The molecule has 0 radical (unpaired) electrons. The molecule has 3 aromatic carbocycles. The second-order valence-electron chi connectivity index (χ2n) is 15.5. The van der Waals surface area contributed by atoms with Crippen molar-refractivity contribution in [1.29, 1.82) is 0 Å². The molecule has 2 fully saturated rings. The third-order valence-corrected chi connectivity index (χ3v) is 11.1. The van der Waals surface area contributed by atoms with Crippen LogP contribution in [-0.2, 0) is 19.1 Å². The number of rotatable bonds is 10. The number of amides is 4. The Morgan fingerprint density at radius 3 is 1.58 bits per heavy atom. The maximum atomic E-state index is 15.9. The van der Waals surface area contributed by atoms with Crippen LogP contribution >= 0.6 is 0 Å². The van der Waals surface area contributed by atoms with Crippen molar-refractivity contribution in [2.24, 2.45) is 11.8 Å². The lowest BCUT2D eigenvalue weighted by Crippen LogP contribution is -2.51. The summed E-state index contributed by atoms with van der Waals surface area (Å²) in [6.45, 7) is 8.60. The van der Waals surface area contributed by atoms with Crippen LogP contribution in [0.1, 0.15) is 77.1 Å². The molecule has 0 spiro atoms. The van der Waals surface area contributed by atoms with Gasteiger partial charge in [0, 0.05) is 18.7 Å². The Kier molecular flexibility index (Phi) is 11.2. The smallest absolute Gasteiger partial charge is 0.407 e. The minimum Gasteiger partial charge on any atom is -0.453 e. The molecular formula is C42H49FN8O6. The Labute approximate surface area is 329 Å². The number of aromatic nitrogens is 4. The lowest BCUT2D eigenvalue weighted by Gasteiger charge is -2.29. The van der Waals surface area contributed by atoms with E-state index in [2.05, 4.69) is 20.6 Å². The molecular weight excluding hydrogens is 732 g/mol. The number of ether oxygens (including phenoxy) is 2. The first-order valence-electron chi connectivity index (χ1n) is 19.5. The van der Waals surface area contributed by atoms with E-state index in [0.717, 1.165) is 42.3 Å². The van der Waals surface area contributed by atoms with E-state index in [9.17, 15) is 19.2 Å². The molecule has 5 aromatic rings. The molecule has 57 heavy (non-hydrogen) atoms. The number of imidazole rings is 2. The second kappa shape index (κ2) is 16.2. The first kappa shape index (κ1) is 39.3. The maximum absolute atomic E-state index is 15.9. The third-order valence-electron chi connectivity index (χ3n) is 11.1. The van der Waals surface area contributed by atoms with E-state index in [4.69, 9.17) is 19.4 Å². The molecule has 0 bridgehead atoms. The number of alkyl carbamates (subject to hydrolysis) is 2. The van der Waals surface area contributed by atoms with Gasteiger partial charge in [-0.3, -0.25) is 9.59 Å². The lowest BCUT2D eigenvalue weighted by atomic mass is 9.99. The molecule has 2 saturated heterocycles. The largest absolute Gasteiger partial charge is 0.453 e. The molecule has 7 rings (SSSR count). The average Bonchev–Trinajstić information content (AvgIpc) is 4.03. The van der Waals surface area contributed by atoms with Crippen molar-refractivity contribution in [2.75, 3.05) is 27.3 Å². The summed E-state index contributed by atoms with van der Waals surface area (Å²) in [4.78, 5) is 71.2.